The van der Waals surface area contributed by atoms with Gasteiger partial charge < -0.3 is 9.79 Å². The second-order valence-corrected chi connectivity index (χ2v) is 5.46. The summed E-state index contributed by atoms with van der Waals surface area (Å²) in [5.74, 6) is 0. The first-order valence-electron chi connectivity index (χ1n) is 2.71. The molecule has 0 aliphatic rings. The standard InChI is InChI=1S/C2H8O8P2S/c1-13(7,8)2(9-11(3)4)10-12(5)6/h2,11-12H,1H3,(H,3,4)(H,5,6). The molecule has 13 heavy (non-hydrogen) atoms. The predicted octanol–water partition coefficient (Wildman–Crippen LogP) is -0.888. The Kier molecular flexibility index (Phi) is 5.31. The molecule has 0 fully saturated rings. The molecular weight excluding hydrogens is 246 g/mol. The number of hydrogen-bond donors (Lipinski definition) is 2. The van der Waals surface area contributed by atoms with Crippen molar-refractivity contribution in [2.24, 2.45) is 0 Å². The van der Waals surface area contributed by atoms with Gasteiger partial charge in [-0.3, -0.25) is 18.2 Å². The zero-order valence-corrected chi connectivity index (χ0v) is 9.15. The Morgan fingerprint density at radius 2 is 1.46 bits per heavy atom. The summed E-state index contributed by atoms with van der Waals surface area (Å²) in [6, 6.07) is 0. The van der Waals surface area contributed by atoms with Crippen LogP contribution in [-0.2, 0) is 28.0 Å². The van der Waals surface area contributed by atoms with Gasteiger partial charge in [-0.1, -0.05) is 0 Å². The first kappa shape index (κ1) is 13.2. The molecule has 0 bridgehead atoms. The van der Waals surface area contributed by atoms with Gasteiger partial charge in [0.1, 0.15) is 0 Å². The lowest BCUT2D eigenvalue weighted by Gasteiger charge is -2.11. The fraction of sp³-hybridized carbons (Fsp3) is 1.00. The van der Waals surface area contributed by atoms with E-state index in [2.05, 4.69) is 9.05 Å². The molecule has 0 amide bonds. The molecule has 0 heterocycles. The zero-order valence-electron chi connectivity index (χ0n) is 6.33. The lowest BCUT2D eigenvalue weighted by Crippen LogP contribution is -2.21. The molecule has 0 aromatic carbocycles. The smallest absolute Gasteiger partial charge is 0.319 e. The van der Waals surface area contributed by atoms with E-state index in [4.69, 9.17) is 9.79 Å². The van der Waals surface area contributed by atoms with Gasteiger partial charge in [0.25, 0.3) is 5.62 Å². The molecule has 0 aliphatic carbocycles. The topological polar surface area (TPSA) is 127 Å². The van der Waals surface area contributed by atoms with Crippen LogP contribution in [-0.4, -0.2) is 30.1 Å². The lowest BCUT2D eigenvalue weighted by atomic mass is 11.5. The van der Waals surface area contributed by atoms with Gasteiger partial charge in [0.05, 0.1) is 0 Å². The van der Waals surface area contributed by atoms with Crippen molar-refractivity contribution in [2.45, 2.75) is 5.62 Å². The minimum Gasteiger partial charge on any atom is -0.326 e. The fourth-order valence-corrected chi connectivity index (χ4v) is 2.78. The molecular formula is C2H8O8P2S. The van der Waals surface area contributed by atoms with E-state index < -0.39 is 32.0 Å². The highest BCUT2D eigenvalue weighted by atomic mass is 32.2. The Balaban J connectivity index is 4.57. The highest BCUT2D eigenvalue weighted by Gasteiger charge is 2.25. The zero-order chi connectivity index (χ0) is 10.6. The molecule has 8 nitrogen and oxygen atoms in total. The van der Waals surface area contributed by atoms with Crippen molar-refractivity contribution in [3.63, 3.8) is 0 Å². The maximum Gasteiger partial charge on any atom is 0.319 e. The van der Waals surface area contributed by atoms with E-state index in [1.54, 1.807) is 0 Å². The summed E-state index contributed by atoms with van der Waals surface area (Å²) in [5.41, 5.74) is -2.18. The highest BCUT2D eigenvalue weighted by Crippen LogP contribution is 2.28. The second kappa shape index (κ2) is 5.21. The Hall–Kier alpha value is 0.250. The maximum absolute atomic E-state index is 10.7. The predicted molar refractivity (Wildman–Crippen MR) is 43.2 cm³/mol. The van der Waals surface area contributed by atoms with Crippen LogP contribution in [0.15, 0.2) is 0 Å². The van der Waals surface area contributed by atoms with E-state index in [1.165, 1.54) is 0 Å². The van der Waals surface area contributed by atoms with Crippen LogP contribution in [0.1, 0.15) is 0 Å². The van der Waals surface area contributed by atoms with E-state index >= 15 is 0 Å². The van der Waals surface area contributed by atoms with Crippen molar-refractivity contribution in [2.75, 3.05) is 6.26 Å². The Morgan fingerprint density at radius 1 is 1.15 bits per heavy atom. The molecule has 0 saturated heterocycles. The van der Waals surface area contributed by atoms with Crippen molar-refractivity contribution in [3.05, 3.63) is 0 Å². The summed E-state index contributed by atoms with van der Waals surface area (Å²) < 4.78 is 49.3. The number of sulfone groups is 1. The van der Waals surface area contributed by atoms with Crippen molar-refractivity contribution < 1.29 is 36.4 Å². The Labute approximate surface area is 75.3 Å². The van der Waals surface area contributed by atoms with Crippen LogP contribution in [0, 0.1) is 0 Å². The summed E-state index contributed by atoms with van der Waals surface area (Å²) in [4.78, 5) is 16.4. The first-order chi connectivity index (χ1) is 5.73. The van der Waals surface area contributed by atoms with Gasteiger partial charge in [-0.2, -0.15) is 0 Å². The van der Waals surface area contributed by atoms with Crippen LogP contribution in [0.3, 0.4) is 0 Å². The molecule has 0 aliphatic heterocycles. The monoisotopic (exact) mass is 254 g/mol. The normalized spacial score (nSPS) is 19.3. The quantitative estimate of drug-likeness (QED) is 0.477. The SMILES string of the molecule is CS(=O)(=O)C(O[PH](=O)O)O[PH](=O)O. The van der Waals surface area contributed by atoms with Gasteiger partial charge in [0.2, 0.25) is 9.84 Å². The summed E-state index contributed by atoms with van der Waals surface area (Å²) in [7, 11) is -11.1. The van der Waals surface area contributed by atoms with Crippen LogP contribution >= 0.6 is 16.5 Å². The summed E-state index contributed by atoms with van der Waals surface area (Å²) >= 11 is 0. The van der Waals surface area contributed by atoms with Crippen molar-refractivity contribution >= 4 is 26.3 Å². The third-order valence-corrected chi connectivity index (χ3v) is 2.81. The van der Waals surface area contributed by atoms with Gasteiger partial charge in [-0.15, -0.1) is 0 Å². The molecule has 11 heteroatoms. The average Bonchev–Trinajstić information content (AvgIpc) is 1.81. The largest absolute Gasteiger partial charge is 0.326 e. The molecule has 2 unspecified atom stereocenters. The second-order valence-electron chi connectivity index (χ2n) is 1.89. The minimum absolute atomic E-state index is 0.632. The van der Waals surface area contributed by atoms with E-state index in [1.807, 2.05) is 0 Å². The van der Waals surface area contributed by atoms with Crippen LogP contribution in [0.5, 0.6) is 0 Å². The third-order valence-electron chi connectivity index (χ3n) is 0.744. The molecule has 80 valence electrons. The lowest BCUT2D eigenvalue weighted by molar-refractivity contribution is 0.0689. The summed E-state index contributed by atoms with van der Waals surface area (Å²) in [5, 5.41) is 0. The summed E-state index contributed by atoms with van der Waals surface area (Å²) in [6.07, 6.45) is 0.632. The van der Waals surface area contributed by atoms with Gasteiger partial charge in [-0.05, 0) is 0 Å². The first-order valence-corrected chi connectivity index (χ1v) is 7.19. The molecule has 2 atom stereocenters. The average molecular weight is 254 g/mol. The van der Waals surface area contributed by atoms with Gasteiger partial charge >= 0.3 is 16.5 Å². The molecule has 0 spiro atoms. The van der Waals surface area contributed by atoms with E-state index in [0.717, 1.165) is 0 Å². The highest BCUT2D eigenvalue weighted by molar-refractivity contribution is 7.91. The van der Waals surface area contributed by atoms with Gasteiger partial charge in [-0.25, -0.2) is 8.42 Å². The van der Waals surface area contributed by atoms with Gasteiger partial charge in [0.15, 0.2) is 0 Å². The van der Waals surface area contributed by atoms with Crippen molar-refractivity contribution in [3.8, 4) is 0 Å². The molecule has 2 N–H and O–H groups in total. The fourth-order valence-electron chi connectivity index (χ4n) is 0.363. The Bertz CT molecular complexity index is 290. The van der Waals surface area contributed by atoms with Crippen molar-refractivity contribution in [1.82, 2.24) is 0 Å². The van der Waals surface area contributed by atoms with E-state index in [0.29, 0.717) is 6.26 Å². The van der Waals surface area contributed by atoms with Gasteiger partial charge in [0, 0.05) is 6.26 Å². The van der Waals surface area contributed by atoms with Crippen LogP contribution in [0.4, 0.5) is 0 Å². The molecule has 0 aromatic rings. The number of hydrogen-bond acceptors (Lipinski definition) is 6. The van der Waals surface area contributed by atoms with Crippen LogP contribution in [0.25, 0.3) is 0 Å². The minimum atomic E-state index is -3.97. The third kappa shape index (κ3) is 6.34. The maximum atomic E-state index is 10.7. The molecule has 0 radical (unpaired) electrons. The van der Waals surface area contributed by atoms with E-state index in [9.17, 15) is 17.5 Å². The number of rotatable bonds is 5. The summed E-state index contributed by atoms with van der Waals surface area (Å²) in [6.45, 7) is 0. The van der Waals surface area contributed by atoms with E-state index in [-0.39, 0.29) is 0 Å². The van der Waals surface area contributed by atoms with Crippen LogP contribution in [0.2, 0.25) is 0 Å². The Morgan fingerprint density at radius 3 is 1.62 bits per heavy atom. The molecule has 0 saturated carbocycles. The molecule has 0 aromatic heterocycles. The molecule has 0 rings (SSSR count). The van der Waals surface area contributed by atoms with Crippen LogP contribution < -0.4 is 0 Å². The van der Waals surface area contributed by atoms with Crippen molar-refractivity contribution in [1.29, 1.82) is 0 Å².